The summed E-state index contributed by atoms with van der Waals surface area (Å²) in [4.78, 5) is 27.9. The van der Waals surface area contributed by atoms with Crippen molar-refractivity contribution in [1.82, 2.24) is 0 Å². The van der Waals surface area contributed by atoms with Crippen molar-refractivity contribution in [3.63, 3.8) is 0 Å². The molecule has 1 aliphatic heterocycles. The van der Waals surface area contributed by atoms with Crippen molar-refractivity contribution < 1.29 is 32.7 Å². The zero-order valence-electron chi connectivity index (χ0n) is 33.1. The fourth-order valence-electron chi connectivity index (χ4n) is 8.16. The topological polar surface area (TPSA) is 88.1 Å². The first kappa shape index (κ1) is 38.6. The summed E-state index contributed by atoms with van der Waals surface area (Å²) in [5.74, 6) is -1.66. The highest BCUT2D eigenvalue weighted by atomic mass is 31.2. The molecule has 0 amide bonds. The summed E-state index contributed by atoms with van der Waals surface area (Å²) >= 11 is 0. The van der Waals surface area contributed by atoms with Crippen LogP contribution in [0, 0.1) is 19.8 Å². The first-order valence-electron chi connectivity index (χ1n) is 19.1. The highest BCUT2D eigenvalue weighted by Gasteiger charge is 2.54. The van der Waals surface area contributed by atoms with Crippen LogP contribution < -0.4 is 9.05 Å². The van der Waals surface area contributed by atoms with Crippen LogP contribution in [0.15, 0.2) is 65.8 Å². The lowest BCUT2D eigenvalue weighted by Crippen LogP contribution is -2.30. The maximum absolute atomic E-state index is 16.7. The molecule has 0 bridgehead atoms. The van der Waals surface area contributed by atoms with Crippen LogP contribution in [-0.2, 0) is 40.9 Å². The molecule has 6 rings (SSSR count). The maximum Gasteiger partial charge on any atom is 0.442 e. The highest BCUT2D eigenvalue weighted by Crippen LogP contribution is 2.71. The van der Waals surface area contributed by atoms with E-state index in [9.17, 15) is 9.59 Å². The number of fused-ring (bicyclic) bond motifs is 3. The van der Waals surface area contributed by atoms with Gasteiger partial charge in [-0.1, -0.05) is 107 Å². The van der Waals surface area contributed by atoms with Crippen LogP contribution in [0.5, 0.6) is 11.5 Å². The van der Waals surface area contributed by atoms with Gasteiger partial charge < -0.3 is 18.5 Å². The van der Waals surface area contributed by atoms with E-state index in [-0.39, 0.29) is 24.0 Å². The molecule has 0 radical (unpaired) electrons. The van der Waals surface area contributed by atoms with Crippen LogP contribution in [0.4, 0.5) is 0 Å². The predicted octanol–water partition coefficient (Wildman–Crippen LogP) is 11.2. The van der Waals surface area contributed by atoms with Crippen LogP contribution in [0.25, 0.3) is 5.57 Å². The van der Waals surface area contributed by atoms with Gasteiger partial charge in [0, 0.05) is 17.5 Å². The Kier molecular flexibility index (Phi) is 10.7. The van der Waals surface area contributed by atoms with Gasteiger partial charge in [0.2, 0.25) is 0 Å². The van der Waals surface area contributed by atoms with Gasteiger partial charge in [0.05, 0.1) is 13.2 Å². The first-order chi connectivity index (χ1) is 25.0. The lowest BCUT2D eigenvalue weighted by molar-refractivity contribution is -0.158. The van der Waals surface area contributed by atoms with Crippen molar-refractivity contribution in [3.8, 4) is 11.5 Å². The normalized spacial score (nSPS) is 18.1. The third-order valence-corrected chi connectivity index (χ3v) is 12.5. The van der Waals surface area contributed by atoms with E-state index >= 15 is 4.57 Å². The Labute approximate surface area is 315 Å². The van der Waals surface area contributed by atoms with Crippen LogP contribution in [0.3, 0.4) is 0 Å². The quantitative estimate of drug-likeness (QED) is 0.135. The molecule has 2 aliphatic carbocycles. The van der Waals surface area contributed by atoms with Gasteiger partial charge in [-0.15, -0.1) is 0 Å². The van der Waals surface area contributed by atoms with Gasteiger partial charge in [0.15, 0.2) is 5.92 Å². The number of allylic oxidation sites excluding steroid dienone is 3. The summed E-state index contributed by atoms with van der Waals surface area (Å²) in [6.45, 7) is 20.6. The fraction of sp³-hybridized carbons (Fsp3) is 0.467. The van der Waals surface area contributed by atoms with Crippen LogP contribution in [0.2, 0.25) is 0 Å². The number of esters is 2. The van der Waals surface area contributed by atoms with E-state index in [1.54, 1.807) is 13.8 Å². The second kappa shape index (κ2) is 14.6. The predicted molar refractivity (Wildman–Crippen MR) is 211 cm³/mol. The van der Waals surface area contributed by atoms with E-state index in [2.05, 4.69) is 85.7 Å². The minimum Gasteiger partial charge on any atom is -0.465 e. The second-order valence-corrected chi connectivity index (χ2v) is 18.7. The molecule has 7 nitrogen and oxygen atoms in total. The molecular weight excluding hydrogens is 683 g/mol. The first-order valence-corrected chi connectivity index (χ1v) is 20.7. The number of carbonyl (C=O) groups excluding carboxylic acids is 2. The molecule has 3 aromatic rings. The summed E-state index contributed by atoms with van der Waals surface area (Å²) in [7, 11) is -4.35. The molecule has 1 atom stereocenters. The van der Waals surface area contributed by atoms with Crippen molar-refractivity contribution in [3.05, 3.63) is 110 Å². The summed E-state index contributed by atoms with van der Waals surface area (Å²) in [6, 6.07) is 16.1. The summed E-state index contributed by atoms with van der Waals surface area (Å²) in [5.41, 5.74) is 7.65. The Hall–Kier alpha value is -4.09. The molecule has 0 saturated heterocycles. The number of ether oxygens (including phenoxy) is 2. The molecule has 1 heterocycles. The fourth-order valence-corrected chi connectivity index (χ4v) is 10.5. The maximum atomic E-state index is 16.7. The number of benzene rings is 3. The Balaban J connectivity index is 1.74. The van der Waals surface area contributed by atoms with E-state index in [1.165, 1.54) is 0 Å². The lowest BCUT2D eigenvalue weighted by atomic mass is 9.81. The summed E-state index contributed by atoms with van der Waals surface area (Å²) < 4.78 is 42.1. The van der Waals surface area contributed by atoms with Gasteiger partial charge in [0.25, 0.3) is 0 Å². The van der Waals surface area contributed by atoms with Crippen LogP contribution in [-0.4, -0.2) is 25.2 Å². The second-order valence-electron chi connectivity index (χ2n) is 16.7. The van der Waals surface area contributed by atoms with Crippen molar-refractivity contribution in [2.45, 2.75) is 118 Å². The zero-order valence-corrected chi connectivity index (χ0v) is 34.0. The molecule has 3 aromatic carbocycles. The molecule has 282 valence electrons. The molecule has 0 fully saturated rings. The summed E-state index contributed by atoms with van der Waals surface area (Å²) in [6.07, 6.45) is 6.13. The number of carbonyl (C=O) groups is 2. The smallest absolute Gasteiger partial charge is 0.442 e. The number of rotatable bonds is 7. The molecule has 8 heteroatoms. The van der Waals surface area contributed by atoms with Gasteiger partial charge in [-0.25, -0.2) is 4.57 Å². The lowest BCUT2D eigenvalue weighted by Gasteiger charge is -2.36. The molecular formula is C45H55O7P. The molecule has 53 heavy (non-hydrogen) atoms. The highest BCUT2D eigenvalue weighted by molar-refractivity contribution is 7.55. The minimum atomic E-state index is -4.35. The van der Waals surface area contributed by atoms with E-state index in [0.29, 0.717) is 46.6 Å². The van der Waals surface area contributed by atoms with Crippen molar-refractivity contribution >= 4 is 25.1 Å². The van der Waals surface area contributed by atoms with Crippen LogP contribution >= 0.6 is 7.60 Å². The third kappa shape index (κ3) is 7.39. The largest absolute Gasteiger partial charge is 0.465 e. The standard InChI is InChI=1S/C45H55O7P/c1-11-49-42(46)38(43(47)50-12-2)37-32-20-16-17-21-33(32)41(36(37)29-18-14-13-15-19-29)53(48)51-39-30(22-27(3)24-34(39)44(5,6)7)26-31-23-28(4)25-35(40(31)52-53)45(8,9)10/h16-18,20-25,38,41H,11-15,19,26H2,1-10H3. The number of aryl methyl sites for hydroxylation is 2. The average Bonchev–Trinajstić information content (AvgIpc) is 3.41. The molecule has 0 N–H and O–H groups in total. The van der Waals surface area contributed by atoms with Crippen molar-refractivity contribution in [1.29, 1.82) is 0 Å². The molecule has 0 spiro atoms. The Morgan fingerprint density at radius 3 is 1.81 bits per heavy atom. The minimum absolute atomic E-state index is 0.0907. The Morgan fingerprint density at radius 1 is 0.811 bits per heavy atom. The van der Waals surface area contributed by atoms with Gasteiger partial charge in [-0.3, -0.25) is 9.59 Å². The van der Waals surface area contributed by atoms with Gasteiger partial charge in [0.1, 0.15) is 17.2 Å². The zero-order chi connectivity index (χ0) is 38.5. The van der Waals surface area contributed by atoms with Gasteiger partial charge >= 0.3 is 19.5 Å². The average molecular weight is 739 g/mol. The molecule has 3 aliphatic rings. The van der Waals surface area contributed by atoms with Crippen LogP contribution in [0.1, 0.15) is 131 Å². The Bertz CT molecular complexity index is 1960. The third-order valence-electron chi connectivity index (χ3n) is 10.4. The summed E-state index contributed by atoms with van der Waals surface area (Å²) in [5, 5.41) is 0. The van der Waals surface area contributed by atoms with Gasteiger partial charge in [-0.05, 0) is 103 Å². The van der Waals surface area contributed by atoms with Crippen molar-refractivity contribution in [2.75, 3.05) is 13.2 Å². The number of hydrogen-bond donors (Lipinski definition) is 0. The van der Waals surface area contributed by atoms with E-state index < -0.39 is 31.1 Å². The molecule has 1 unspecified atom stereocenters. The van der Waals surface area contributed by atoms with E-state index in [0.717, 1.165) is 58.2 Å². The molecule has 0 saturated carbocycles. The van der Waals surface area contributed by atoms with Crippen molar-refractivity contribution in [2.24, 2.45) is 5.92 Å². The number of hydrogen-bond acceptors (Lipinski definition) is 7. The Morgan fingerprint density at radius 2 is 1.34 bits per heavy atom. The monoisotopic (exact) mass is 738 g/mol. The SMILES string of the molecule is CCOC(=O)C(C(=O)OCC)C1=C(C2=CCCCC2)C(P2(=O)Oc3c(cc(C)cc3C(C)(C)C)Cc3cc(C)cc(C(C)(C)C)c3O2)c2ccccc21. The van der Waals surface area contributed by atoms with Gasteiger partial charge in [-0.2, -0.15) is 0 Å². The van der Waals surface area contributed by atoms with E-state index in [4.69, 9.17) is 18.5 Å². The van der Waals surface area contributed by atoms with E-state index in [1.807, 2.05) is 24.3 Å². The molecule has 0 aromatic heterocycles.